The lowest BCUT2D eigenvalue weighted by molar-refractivity contribution is 0.279. The lowest BCUT2D eigenvalue weighted by Gasteiger charge is -2.29. The van der Waals surface area contributed by atoms with Crippen LogP contribution in [0.3, 0.4) is 0 Å². The van der Waals surface area contributed by atoms with E-state index in [1.54, 1.807) is 0 Å². The molecule has 0 aliphatic heterocycles. The Hall–Kier alpha value is -0.0400. The van der Waals surface area contributed by atoms with Crippen LogP contribution < -0.4 is 5.32 Å². The van der Waals surface area contributed by atoms with Crippen LogP contribution in [0.2, 0.25) is 0 Å². The Morgan fingerprint density at radius 2 is 1.56 bits per heavy atom. The normalized spacial score (nSPS) is 28.8. The van der Waals surface area contributed by atoms with Crippen molar-refractivity contribution >= 4 is 0 Å². The van der Waals surface area contributed by atoms with Crippen LogP contribution in [0.5, 0.6) is 0 Å². The van der Waals surface area contributed by atoms with Gasteiger partial charge in [-0.2, -0.15) is 0 Å². The van der Waals surface area contributed by atoms with Gasteiger partial charge in [0.15, 0.2) is 0 Å². The first-order valence-electron chi connectivity index (χ1n) is 8.20. The van der Waals surface area contributed by atoms with Crippen molar-refractivity contribution in [3.63, 3.8) is 0 Å². The zero-order valence-corrected chi connectivity index (χ0v) is 13.5. The highest BCUT2D eigenvalue weighted by Gasteiger charge is 2.32. The highest BCUT2D eigenvalue weighted by atomic mass is 15.0. The first-order valence-corrected chi connectivity index (χ1v) is 8.20. The minimum atomic E-state index is 0.730. The standard InChI is InChI=1S/C17H35N/c1-7-15-8-9-17(14(15)6)18-16(10-12(2)3)11-13(4)5/h12-18H,7-11H2,1-6H3. The molecule has 1 heteroatoms. The summed E-state index contributed by atoms with van der Waals surface area (Å²) in [6.45, 7) is 14.2. The maximum atomic E-state index is 3.99. The average Bonchev–Trinajstić information content (AvgIpc) is 2.58. The van der Waals surface area contributed by atoms with Gasteiger partial charge in [-0.15, -0.1) is 0 Å². The molecule has 0 amide bonds. The van der Waals surface area contributed by atoms with Crippen LogP contribution in [-0.2, 0) is 0 Å². The number of hydrogen-bond donors (Lipinski definition) is 1. The smallest absolute Gasteiger partial charge is 0.00980 e. The minimum absolute atomic E-state index is 0.730. The third-order valence-electron chi connectivity index (χ3n) is 4.71. The monoisotopic (exact) mass is 253 g/mol. The molecule has 1 N–H and O–H groups in total. The molecule has 0 bridgehead atoms. The van der Waals surface area contributed by atoms with Gasteiger partial charge in [0.1, 0.15) is 0 Å². The predicted molar refractivity (Wildman–Crippen MR) is 81.8 cm³/mol. The lowest BCUT2D eigenvalue weighted by Crippen LogP contribution is -2.42. The van der Waals surface area contributed by atoms with Gasteiger partial charge < -0.3 is 5.32 Å². The molecule has 0 heterocycles. The summed E-state index contributed by atoms with van der Waals surface area (Å²) >= 11 is 0. The number of nitrogens with one attached hydrogen (secondary N) is 1. The summed E-state index contributed by atoms with van der Waals surface area (Å²) in [6.07, 6.45) is 6.85. The molecule has 3 atom stereocenters. The Morgan fingerprint density at radius 3 is 1.94 bits per heavy atom. The Balaban J connectivity index is 2.49. The van der Waals surface area contributed by atoms with Crippen molar-refractivity contribution in [1.29, 1.82) is 0 Å². The SMILES string of the molecule is CCC1CCC(NC(CC(C)C)CC(C)C)C1C. The van der Waals surface area contributed by atoms with Crippen LogP contribution in [0.1, 0.15) is 73.6 Å². The molecule has 0 radical (unpaired) electrons. The van der Waals surface area contributed by atoms with Gasteiger partial charge in [-0.05, 0) is 49.4 Å². The summed E-state index contributed by atoms with van der Waals surface area (Å²) in [5.74, 6) is 3.44. The molecule has 1 saturated carbocycles. The Morgan fingerprint density at radius 1 is 1.00 bits per heavy atom. The first kappa shape index (κ1) is 16.0. The molecule has 1 nitrogen and oxygen atoms in total. The molecule has 3 unspecified atom stereocenters. The fourth-order valence-corrected chi connectivity index (χ4v) is 3.73. The van der Waals surface area contributed by atoms with Crippen LogP contribution in [0.4, 0.5) is 0 Å². The molecular formula is C17H35N. The third-order valence-corrected chi connectivity index (χ3v) is 4.71. The molecule has 0 saturated heterocycles. The van der Waals surface area contributed by atoms with Crippen molar-refractivity contribution in [1.82, 2.24) is 5.32 Å². The van der Waals surface area contributed by atoms with Crippen molar-refractivity contribution in [3.8, 4) is 0 Å². The Labute approximate surface area is 115 Å². The Bertz CT molecular complexity index is 212. The summed E-state index contributed by atoms with van der Waals surface area (Å²) in [4.78, 5) is 0. The van der Waals surface area contributed by atoms with Crippen molar-refractivity contribution in [2.24, 2.45) is 23.7 Å². The number of rotatable bonds is 7. The fraction of sp³-hybridized carbons (Fsp3) is 1.00. The van der Waals surface area contributed by atoms with Crippen LogP contribution in [-0.4, -0.2) is 12.1 Å². The van der Waals surface area contributed by atoms with Crippen LogP contribution >= 0.6 is 0 Å². The third kappa shape index (κ3) is 4.91. The molecule has 0 aromatic rings. The molecule has 0 aromatic carbocycles. The van der Waals surface area contributed by atoms with Gasteiger partial charge in [0.25, 0.3) is 0 Å². The van der Waals surface area contributed by atoms with E-state index in [1.807, 2.05) is 0 Å². The highest BCUT2D eigenvalue weighted by Crippen LogP contribution is 2.34. The van der Waals surface area contributed by atoms with Gasteiger partial charge >= 0.3 is 0 Å². The maximum absolute atomic E-state index is 3.99. The highest BCUT2D eigenvalue weighted by molar-refractivity contribution is 4.88. The molecule has 1 aliphatic rings. The summed E-state index contributed by atoms with van der Waals surface area (Å²) in [5, 5.41) is 3.99. The van der Waals surface area contributed by atoms with Crippen LogP contribution in [0.25, 0.3) is 0 Å². The zero-order chi connectivity index (χ0) is 13.7. The van der Waals surface area contributed by atoms with Crippen molar-refractivity contribution in [2.75, 3.05) is 0 Å². The van der Waals surface area contributed by atoms with Gasteiger partial charge in [-0.25, -0.2) is 0 Å². The van der Waals surface area contributed by atoms with E-state index in [2.05, 4.69) is 46.9 Å². The second kappa shape index (κ2) is 7.53. The average molecular weight is 253 g/mol. The van der Waals surface area contributed by atoms with E-state index in [9.17, 15) is 0 Å². The molecule has 0 aromatic heterocycles. The van der Waals surface area contributed by atoms with Crippen LogP contribution in [0.15, 0.2) is 0 Å². The molecule has 18 heavy (non-hydrogen) atoms. The van der Waals surface area contributed by atoms with E-state index < -0.39 is 0 Å². The fourth-order valence-electron chi connectivity index (χ4n) is 3.73. The van der Waals surface area contributed by atoms with E-state index in [0.717, 1.165) is 35.8 Å². The molecule has 1 aliphatic carbocycles. The summed E-state index contributed by atoms with van der Waals surface area (Å²) in [5.41, 5.74) is 0. The van der Waals surface area contributed by atoms with Gasteiger partial charge in [-0.1, -0.05) is 48.0 Å². The Kier molecular flexibility index (Phi) is 6.70. The van der Waals surface area contributed by atoms with Crippen molar-refractivity contribution < 1.29 is 0 Å². The molecule has 1 rings (SSSR count). The minimum Gasteiger partial charge on any atom is -0.311 e. The van der Waals surface area contributed by atoms with E-state index >= 15 is 0 Å². The van der Waals surface area contributed by atoms with Crippen molar-refractivity contribution in [2.45, 2.75) is 85.7 Å². The first-order chi connectivity index (χ1) is 8.43. The van der Waals surface area contributed by atoms with E-state index in [0.29, 0.717) is 0 Å². The van der Waals surface area contributed by atoms with E-state index in [1.165, 1.54) is 32.1 Å². The van der Waals surface area contributed by atoms with Gasteiger partial charge in [-0.3, -0.25) is 0 Å². The summed E-state index contributed by atoms with van der Waals surface area (Å²) in [6, 6.07) is 1.51. The number of hydrogen-bond acceptors (Lipinski definition) is 1. The molecule has 0 spiro atoms. The second-order valence-electron chi connectivity index (χ2n) is 7.33. The largest absolute Gasteiger partial charge is 0.311 e. The second-order valence-corrected chi connectivity index (χ2v) is 7.33. The molecule has 1 fully saturated rings. The van der Waals surface area contributed by atoms with Gasteiger partial charge in [0.2, 0.25) is 0 Å². The van der Waals surface area contributed by atoms with Gasteiger partial charge in [0, 0.05) is 12.1 Å². The zero-order valence-electron chi connectivity index (χ0n) is 13.5. The quantitative estimate of drug-likeness (QED) is 0.683. The van der Waals surface area contributed by atoms with Crippen molar-refractivity contribution in [3.05, 3.63) is 0 Å². The maximum Gasteiger partial charge on any atom is 0.00980 e. The van der Waals surface area contributed by atoms with Crippen LogP contribution in [0, 0.1) is 23.7 Å². The van der Waals surface area contributed by atoms with E-state index in [-0.39, 0.29) is 0 Å². The lowest BCUT2D eigenvalue weighted by atomic mass is 9.91. The predicted octanol–water partition coefficient (Wildman–Crippen LogP) is 4.86. The topological polar surface area (TPSA) is 12.0 Å². The van der Waals surface area contributed by atoms with E-state index in [4.69, 9.17) is 0 Å². The molecule has 108 valence electrons. The molecular weight excluding hydrogens is 218 g/mol. The van der Waals surface area contributed by atoms with Gasteiger partial charge in [0.05, 0.1) is 0 Å². The summed E-state index contributed by atoms with van der Waals surface area (Å²) in [7, 11) is 0. The summed E-state index contributed by atoms with van der Waals surface area (Å²) < 4.78 is 0.